The lowest BCUT2D eigenvalue weighted by Gasteiger charge is -2.46. The number of hydrogen-bond acceptors (Lipinski definition) is 5. The number of carbonyl (C=O) groups is 2. The first-order valence-electron chi connectivity index (χ1n) is 12.1. The summed E-state index contributed by atoms with van der Waals surface area (Å²) in [6, 6.07) is 19.8. The topological polar surface area (TPSA) is 86.8 Å². The fourth-order valence-electron chi connectivity index (χ4n) is 5.45. The molecular formula is C28H28FN3O4S. The third kappa shape index (κ3) is 4.65. The van der Waals surface area contributed by atoms with Gasteiger partial charge in [0.1, 0.15) is 11.4 Å². The smallest absolute Gasteiger partial charge is 0.296 e. The predicted molar refractivity (Wildman–Crippen MR) is 139 cm³/mol. The van der Waals surface area contributed by atoms with Crippen LogP contribution in [-0.4, -0.2) is 49.6 Å². The first-order chi connectivity index (χ1) is 17.6. The van der Waals surface area contributed by atoms with Gasteiger partial charge in [0.15, 0.2) is 9.84 Å². The number of likely N-dealkylation sites (tertiary alicyclic amines) is 1. The summed E-state index contributed by atoms with van der Waals surface area (Å²) in [5, 5.41) is 2.47. The molecule has 0 radical (unpaired) electrons. The van der Waals surface area contributed by atoms with E-state index in [-0.39, 0.29) is 22.5 Å². The van der Waals surface area contributed by atoms with Crippen molar-refractivity contribution in [2.24, 2.45) is 0 Å². The van der Waals surface area contributed by atoms with Gasteiger partial charge < -0.3 is 0 Å². The number of carbonyl (C=O) groups excluding carboxylic acids is 2. The molecule has 37 heavy (non-hydrogen) atoms. The number of nitrogens with zero attached hydrogens (tertiary/aromatic N) is 2. The summed E-state index contributed by atoms with van der Waals surface area (Å²) >= 11 is 0. The van der Waals surface area contributed by atoms with Gasteiger partial charge in [-0.1, -0.05) is 42.5 Å². The minimum atomic E-state index is -3.39. The molecule has 2 atom stereocenters. The third-order valence-corrected chi connectivity index (χ3v) is 8.49. The first kappa shape index (κ1) is 25.1. The predicted octanol–water partition coefficient (Wildman–Crippen LogP) is 4.38. The number of amides is 3. The molecule has 3 amide bonds. The van der Waals surface area contributed by atoms with Crippen molar-refractivity contribution in [3.63, 3.8) is 0 Å². The van der Waals surface area contributed by atoms with Crippen LogP contribution in [0.2, 0.25) is 0 Å². The summed E-state index contributed by atoms with van der Waals surface area (Å²) < 4.78 is 38.4. The van der Waals surface area contributed by atoms with E-state index in [4.69, 9.17) is 0 Å². The average molecular weight is 522 g/mol. The van der Waals surface area contributed by atoms with Gasteiger partial charge in [-0.2, -0.15) is 0 Å². The number of hydrogen-bond donors (Lipinski definition) is 1. The van der Waals surface area contributed by atoms with Gasteiger partial charge in [-0.05, 0) is 61.2 Å². The Labute approximate surface area is 215 Å². The van der Waals surface area contributed by atoms with Crippen molar-refractivity contribution < 1.29 is 22.4 Å². The van der Waals surface area contributed by atoms with Crippen molar-refractivity contribution in [1.29, 1.82) is 0 Å². The number of piperidine rings is 1. The van der Waals surface area contributed by atoms with Gasteiger partial charge >= 0.3 is 6.03 Å². The fourth-order valence-corrected chi connectivity index (χ4v) is 6.08. The van der Waals surface area contributed by atoms with Gasteiger partial charge in [-0.3, -0.25) is 19.9 Å². The summed E-state index contributed by atoms with van der Waals surface area (Å²) in [5.74, 6) is -0.922. The van der Waals surface area contributed by atoms with Crippen molar-refractivity contribution in [2.45, 2.75) is 42.8 Å². The first-order valence-corrected chi connectivity index (χ1v) is 14.0. The van der Waals surface area contributed by atoms with E-state index in [1.807, 2.05) is 25.1 Å². The molecule has 192 valence electrons. The SMILES string of the molecule is C[C@@H]1C[C@@]2(CCN1Cc1ccccc1)C(=O)NC(=O)N2c1cc(F)ccc1-c1ccc(S(C)(=O)=O)cc1. The van der Waals surface area contributed by atoms with E-state index >= 15 is 0 Å². The molecule has 1 N–H and O–H groups in total. The van der Waals surface area contributed by atoms with E-state index in [1.165, 1.54) is 34.7 Å². The molecule has 2 heterocycles. The van der Waals surface area contributed by atoms with Crippen LogP contribution in [0.1, 0.15) is 25.3 Å². The van der Waals surface area contributed by atoms with E-state index < -0.39 is 27.2 Å². The van der Waals surface area contributed by atoms with Crippen LogP contribution >= 0.6 is 0 Å². The van der Waals surface area contributed by atoms with Crippen molar-refractivity contribution >= 4 is 27.5 Å². The Balaban J connectivity index is 1.51. The lowest BCUT2D eigenvalue weighted by Crippen LogP contribution is -2.59. The molecule has 0 aromatic heterocycles. The number of halogens is 1. The molecule has 7 nitrogen and oxygen atoms in total. The molecule has 2 fully saturated rings. The highest BCUT2D eigenvalue weighted by atomic mass is 32.2. The van der Waals surface area contributed by atoms with E-state index in [9.17, 15) is 22.4 Å². The van der Waals surface area contributed by atoms with Crippen LogP contribution in [-0.2, 0) is 21.2 Å². The number of imide groups is 1. The second-order valence-electron chi connectivity index (χ2n) is 9.84. The van der Waals surface area contributed by atoms with Crippen LogP contribution in [0.15, 0.2) is 77.7 Å². The second-order valence-corrected chi connectivity index (χ2v) is 11.9. The molecule has 2 aliphatic heterocycles. The highest BCUT2D eigenvalue weighted by molar-refractivity contribution is 7.90. The quantitative estimate of drug-likeness (QED) is 0.504. The number of rotatable bonds is 5. The summed E-state index contributed by atoms with van der Waals surface area (Å²) in [6.07, 6.45) is 1.91. The lowest BCUT2D eigenvalue weighted by atomic mass is 9.81. The van der Waals surface area contributed by atoms with Gasteiger partial charge in [0, 0.05) is 31.0 Å². The lowest BCUT2D eigenvalue weighted by molar-refractivity contribution is -0.125. The summed E-state index contributed by atoms with van der Waals surface area (Å²) in [4.78, 5) is 30.3. The van der Waals surface area contributed by atoms with Crippen LogP contribution in [0.25, 0.3) is 11.1 Å². The normalized spacial score (nSPS) is 22.5. The molecule has 3 aromatic rings. The monoisotopic (exact) mass is 521 g/mol. The Kier molecular flexibility index (Phi) is 6.37. The molecule has 1 spiro atoms. The van der Waals surface area contributed by atoms with Gasteiger partial charge in [0.2, 0.25) is 0 Å². The van der Waals surface area contributed by atoms with Crippen LogP contribution in [0, 0.1) is 5.82 Å². The highest BCUT2D eigenvalue weighted by Gasteiger charge is 2.56. The number of sulfone groups is 1. The molecular weight excluding hydrogens is 493 g/mol. The van der Waals surface area contributed by atoms with E-state index in [0.29, 0.717) is 30.5 Å². The highest BCUT2D eigenvalue weighted by Crippen LogP contribution is 2.43. The Morgan fingerprint density at radius 3 is 2.38 bits per heavy atom. The Morgan fingerprint density at radius 1 is 1.03 bits per heavy atom. The minimum Gasteiger partial charge on any atom is -0.296 e. The van der Waals surface area contributed by atoms with Crippen LogP contribution in [0.5, 0.6) is 0 Å². The number of urea groups is 1. The zero-order valence-corrected chi connectivity index (χ0v) is 21.5. The van der Waals surface area contributed by atoms with E-state index in [2.05, 4.69) is 22.3 Å². The standard InChI is InChI=1S/C28H28FN3O4S/c1-19-17-28(14-15-31(19)18-20-6-4-3-5-7-20)26(33)30-27(34)32(28)25-16-22(29)10-13-24(25)21-8-11-23(12-9-21)37(2,35)36/h3-13,16,19H,14-15,17-18H2,1-2H3,(H,30,33,34)/t19-,28+/m1/s1. The summed E-state index contributed by atoms with van der Waals surface area (Å²) in [6.45, 7) is 3.35. The van der Waals surface area contributed by atoms with Crippen molar-refractivity contribution in [3.05, 3.63) is 84.2 Å². The zero-order valence-electron chi connectivity index (χ0n) is 20.6. The molecule has 3 aromatic carbocycles. The van der Waals surface area contributed by atoms with Crippen molar-refractivity contribution in [1.82, 2.24) is 10.2 Å². The Morgan fingerprint density at radius 2 is 1.73 bits per heavy atom. The van der Waals surface area contributed by atoms with Crippen molar-refractivity contribution in [3.8, 4) is 11.1 Å². The van der Waals surface area contributed by atoms with Gasteiger partial charge in [-0.15, -0.1) is 0 Å². The van der Waals surface area contributed by atoms with Gasteiger partial charge in [0.25, 0.3) is 5.91 Å². The Hall–Kier alpha value is -3.56. The van der Waals surface area contributed by atoms with Gasteiger partial charge in [0.05, 0.1) is 10.6 Å². The molecule has 2 saturated heterocycles. The fraction of sp³-hybridized carbons (Fsp3) is 0.286. The minimum absolute atomic E-state index is 0.0147. The maximum atomic E-state index is 14.6. The van der Waals surface area contributed by atoms with E-state index in [1.54, 1.807) is 18.2 Å². The third-order valence-electron chi connectivity index (χ3n) is 7.37. The molecule has 5 rings (SSSR count). The molecule has 0 unspecified atom stereocenters. The Bertz CT molecular complexity index is 1460. The largest absolute Gasteiger partial charge is 0.329 e. The zero-order chi connectivity index (χ0) is 26.4. The summed E-state index contributed by atoms with van der Waals surface area (Å²) in [5.41, 5.74) is 1.43. The number of benzene rings is 3. The molecule has 9 heteroatoms. The molecule has 2 aliphatic rings. The number of nitrogens with one attached hydrogen (secondary N) is 1. The van der Waals surface area contributed by atoms with Gasteiger partial charge in [-0.25, -0.2) is 17.6 Å². The average Bonchev–Trinajstić information content (AvgIpc) is 3.09. The molecule has 0 bridgehead atoms. The van der Waals surface area contributed by atoms with E-state index in [0.717, 1.165) is 12.8 Å². The van der Waals surface area contributed by atoms with Crippen LogP contribution in [0.3, 0.4) is 0 Å². The summed E-state index contributed by atoms with van der Waals surface area (Å²) in [7, 11) is -3.39. The molecule has 0 aliphatic carbocycles. The maximum Gasteiger partial charge on any atom is 0.329 e. The maximum absolute atomic E-state index is 14.6. The molecule has 0 saturated carbocycles. The second kappa shape index (κ2) is 9.39. The number of anilines is 1. The van der Waals surface area contributed by atoms with Crippen LogP contribution < -0.4 is 10.2 Å². The van der Waals surface area contributed by atoms with Crippen LogP contribution in [0.4, 0.5) is 14.9 Å². The van der Waals surface area contributed by atoms with Crippen molar-refractivity contribution in [2.75, 3.05) is 17.7 Å².